The molecule has 0 radical (unpaired) electrons. The van der Waals surface area contributed by atoms with E-state index in [9.17, 15) is 14.0 Å². The molecule has 1 atom stereocenters. The molecule has 2 aromatic rings. The fraction of sp³-hybridized carbons (Fsp3) is 0.417. The van der Waals surface area contributed by atoms with Gasteiger partial charge in [0.2, 0.25) is 5.91 Å². The summed E-state index contributed by atoms with van der Waals surface area (Å²) >= 11 is 0. The first-order valence-corrected chi connectivity index (χ1v) is 10.7. The number of likely N-dealkylation sites (N-methyl/N-ethyl adjacent to an activating group) is 1. The molecule has 0 N–H and O–H groups in total. The van der Waals surface area contributed by atoms with Crippen LogP contribution in [0.4, 0.5) is 10.1 Å². The largest absolute Gasteiger partial charge is 0.340 e. The lowest BCUT2D eigenvalue weighted by Crippen LogP contribution is -2.47. The molecule has 1 saturated heterocycles. The highest BCUT2D eigenvalue weighted by atomic mass is 19.1. The van der Waals surface area contributed by atoms with Gasteiger partial charge in [-0.15, -0.1) is 0 Å². The number of nitrogens with zero attached hydrogens (tertiary/aromatic N) is 3. The zero-order valence-electron chi connectivity index (χ0n) is 17.2. The van der Waals surface area contributed by atoms with Gasteiger partial charge in [-0.05, 0) is 73.3 Å². The molecule has 0 aromatic heterocycles. The summed E-state index contributed by atoms with van der Waals surface area (Å²) in [5, 5.41) is 0. The van der Waals surface area contributed by atoms with E-state index in [1.807, 2.05) is 11.0 Å². The van der Waals surface area contributed by atoms with Crippen LogP contribution in [0, 0.1) is 5.82 Å². The Labute approximate surface area is 176 Å². The van der Waals surface area contributed by atoms with Crippen LogP contribution >= 0.6 is 0 Å². The first-order chi connectivity index (χ1) is 14.5. The molecule has 0 saturated carbocycles. The topological polar surface area (TPSA) is 43.9 Å². The molecule has 1 aliphatic carbocycles. The minimum Gasteiger partial charge on any atom is -0.340 e. The molecular weight excluding hydrogens is 381 g/mol. The van der Waals surface area contributed by atoms with E-state index in [2.05, 4.69) is 18.0 Å². The zero-order valence-corrected chi connectivity index (χ0v) is 17.2. The van der Waals surface area contributed by atoms with Gasteiger partial charge >= 0.3 is 0 Å². The van der Waals surface area contributed by atoms with Crippen molar-refractivity contribution >= 4 is 17.5 Å². The highest BCUT2D eigenvalue weighted by Gasteiger charge is 2.40. The van der Waals surface area contributed by atoms with Crippen LogP contribution in [0.15, 0.2) is 36.4 Å². The number of carbonyl (C=O) groups is 2. The van der Waals surface area contributed by atoms with Gasteiger partial charge in [-0.25, -0.2) is 4.39 Å². The van der Waals surface area contributed by atoms with E-state index in [1.165, 1.54) is 23.3 Å². The number of aryl methyl sites for hydroxylation is 2. The summed E-state index contributed by atoms with van der Waals surface area (Å²) in [7, 11) is 2.06. The second-order valence-corrected chi connectivity index (χ2v) is 8.62. The number of piperazine rings is 1. The maximum atomic E-state index is 13.5. The summed E-state index contributed by atoms with van der Waals surface area (Å²) in [6, 6.07) is 9.80. The molecule has 5 nitrogen and oxygen atoms in total. The van der Waals surface area contributed by atoms with Crippen molar-refractivity contribution in [2.75, 3.05) is 38.1 Å². The lowest BCUT2D eigenvalue weighted by atomic mass is 9.96. The summed E-state index contributed by atoms with van der Waals surface area (Å²) < 4.78 is 13.5. The molecule has 2 aliphatic heterocycles. The molecule has 30 heavy (non-hydrogen) atoms. The van der Waals surface area contributed by atoms with E-state index in [0.717, 1.165) is 37.9 Å². The van der Waals surface area contributed by atoms with Crippen LogP contribution in [0.2, 0.25) is 0 Å². The highest BCUT2D eigenvalue weighted by molar-refractivity contribution is 6.11. The van der Waals surface area contributed by atoms with Crippen LogP contribution in [0.1, 0.15) is 45.9 Å². The van der Waals surface area contributed by atoms with Crippen LogP contribution in [0.25, 0.3) is 0 Å². The standard InChI is InChI=1S/C24H26FN3O2/c1-26-9-11-27(12-10-26)23(29)15-22-20-13-16-3-2-4-17(16)14-21(20)24(30)28(22)19-7-5-18(25)6-8-19/h5-8,13-14,22H,2-4,9-12,15H2,1H3. The number of fused-ring (bicyclic) bond motifs is 2. The molecule has 3 aliphatic rings. The van der Waals surface area contributed by atoms with E-state index < -0.39 is 0 Å². The van der Waals surface area contributed by atoms with Crippen LogP contribution in [-0.4, -0.2) is 54.8 Å². The lowest BCUT2D eigenvalue weighted by Gasteiger charge is -2.34. The van der Waals surface area contributed by atoms with E-state index in [-0.39, 0.29) is 30.1 Å². The van der Waals surface area contributed by atoms with E-state index >= 15 is 0 Å². The van der Waals surface area contributed by atoms with Crippen molar-refractivity contribution in [2.24, 2.45) is 0 Å². The maximum absolute atomic E-state index is 13.5. The third-order valence-electron chi connectivity index (χ3n) is 6.71. The fourth-order valence-corrected chi connectivity index (χ4v) is 4.96. The molecule has 1 fully saturated rings. The molecule has 5 rings (SSSR count). The van der Waals surface area contributed by atoms with Gasteiger partial charge in [0.1, 0.15) is 5.82 Å². The summed E-state index contributed by atoms with van der Waals surface area (Å²) in [6.07, 6.45) is 3.38. The molecule has 2 aromatic carbocycles. The minimum absolute atomic E-state index is 0.0707. The number of rotatable bonds is 3. The Kier molecular flexibility index (Phi) is 4.82. The summed E-state index contributed by atoms with van der Waals surface area (Å²) in [6.45, 7) is 3.15. The first-order valence-electron chi connectivity index (χ1n) is 10.7. The quantitative estimate of drug-likeness (QED) is 0.785. The van der Waals surface area contributed by atoms with E-state index in [0.29, 0.717) is 24.3 Å². The van der Waals surface area contributed by atoms with Gasteiger partial charge in [0.25, 0.3) is 5.91 Å². The molecular formula is C24H26FN3O2. The number of carbonyl (C=O) groups excluding carboxylic acids is 2. The van der Waals surface area contributed by atoms with Crippen LogP contribution in [0.3, 0.4) is 0 Å². The monoisotopic (exact) mass is 407 g/mol. The van der Waals surface area contributed by atoms with Gasteiger partial charge in [-0.2, -0.15) is 0 Å². The van der Waals surface area contributed by atoms with Crippen molar-refractivity contribution in [2.45, 2.75) is 31.7 Å². The Morgan fingerprint density at radius 2 is 1.70 bits per heavy atom. The molecule has 0 bridgehead atoms. The Hall–Kier alpha value is -2.73. The van der Waals surface area contributed by atoms with Gasteiger partial charge in [-0.1, -0.05) is 6.07 Å². The molecule has 0 spiro atoms. The molecule has 156 valence electrons. The smallest absolute Gasteiger partial charge is 0.259 e. The Bertz CT molecular complexity index is 996. The average molecular weight is 407 g/mol. The Morgan fingerprint density at radius 3 is 2.40 bits per heavy atom. The van der Waals surface area contributed by atoms with Gasteiger partial charge in [0, 0.05) is 37.4 Å². The molecule has 1 unspecified atom stereocenters. The predicted molar refractivity (Wildman–Crippen MR) is 113 cm³/mol. The zero-order chi connectivity index (χ0) is 20.8. The fourth-order valence-electron chi connectivity index (χ4n) is 4.96. The Morgan fingerprint density at radius 1 is 1.03 bits per heavy atom. The highest BCUT2D eigenvalue weighted by Crippen LogP contribution is 2.42. The first kappa shape index (κ1) is 19.2. The van der Waals surface area contributed by atoms with Gasteiger partial charge < -0.3 is 14.7 Å². The van der Waals surface area contributed by atoms with Crippen molar-refractivity contribution in [3.63, 3.8) is 0 Å². The van der Waals surface area contributed by atoms with Gasteiger partial charge in [0.05, 0.1) is 12.5 Å². The third-order valence-corrected chi connectivity index (χ3v) is 6.71. The Balaban J connectivity index is 1.50. The van der Waals surface area contributed by atoms with Gasteiger partial charge in [0.15, 0.2) is 0 Å². The van der Waals surface area contributed by atoms with Crippen LogP contribution in [-0.2, 0) is 17.6 Å². The number of anilines is 1. The van der Waals surface area contributed by atoms with Crippen molar-refractivity contribution in [3.05, 3.63) is 64.5 Å². The molecule has 2 amide bonds. The van der Waals surface area contributed by atoms with Crippen LogP contribution < -0.4 is 4.90 Å². The molecule has 6 heteroatoms. The van der Waals surface area contributed by atoms with Crippen molar-refractivity contribution in [1.82, 2.24) is 9.80 Å². The van der Waals surface area contributed by atoms with Crippen molar-refractivity contribution in [3.8, 4) is 0 Å². The van der Waals surface area contributed by atoms with Crippen LogP contribution in [0.5, 0.6) is 0 Å². The number of amides is 2. The normalized spacial score (nSPS) is 21.1. The van der Waals surface area contributed by atoms with E-state index in [1.54, 1.807) is 17.0 Å². The SMILES string of the molecule is CN1CCN(C(=O)CC2c3cc4c(cc3C(=O)N2c2ccc(F)cc2)CCC4)CC1. The second-order valence-electron chi connectivity index (χ2n) is 8.62. The maximum Gasteiger partial charge on any atom is 0.259 e. The number of hydrogen-bond acceptors (Lipinski definition) is 3. The van der Waals surface area contributed by atoms with Gasteiger partial charge in [-0.3, -0.25) is 9.59 Å². The summed E-state index contributed by atoms with van der Waals surface area (Å²) in [5.74, 6) is -0.365. The lowest BCUT2D eigenvalue weighted by molar-refractivity contribution is -0.133. The summed E-state index contributed by atoms with van der Waals surface area (Å²) in [5.41, 5.74) is 4.80. The third kappa shape index (κ3) is 3.29. The van der Waals surface area contributed by atoms with E-state index in [4.69, 9.17) is 0 Å². The predicted octanol–water partition coefficient (Wildman–Crippen LogP) is 3.18. The summed E-state index contributed by atoms with van der Waals surface area (Å²) in [4.78, 5) is 32.3. The second kappa shape index (κ2) is 7.51. The number of benzene rings is 2. The molecule has 2 heterocycles. The van der Waals surface area contributed by atoms with Crippen molar-refractivity contribution in [1.29, 1.82) is 0 Å². The number of halogens is 1. The minimum atomic E-state index is -0.351. The number of hydrogen-bond donors (Lipinski definition) is 0. The van der Waals surface area contributed by atoms with Crippen molar-refractivity contribution < 1.29 is 14.0 Å². The average Bonchev–Trinajstić information content (AvgIpc) is 3.30.